The highest BCUT2D eigenvalue weighted by Gasteiger charge is 2.37. The molecule has 4 rings (SSSR count). The largest absolute Gasteiger partial charge is 0.451 e. The Morgan fingerprint density at radius 2 is 2.12 bits per heavy atom. The minimum atomic E-state index is -0.111. The molecule has 1 aromatic carbocycles. The van der Waals surface area contributed by atoms with Crippen molar-refractivity contribution in [3.63, 3.8) is 0 Å². The Kier molecular flexibility index (Phi) is 3.85. The van der Waals surface area contributed by atoms with Gasteiger partial charge < -0.3 is 14.5 Å². The number of benzene rings is 1. The van der Waals surface area contributed by atoms with E-state index in [2.05, 4.69) is 23.2 Å². The standard InChI is InChI=1S/C19H24N2O3/c1-11-4-5-17-16(6-11)13(3)18(24-17)19(22)20-14-7-15-10-23-12(2)8-21(15)9-14/h4-6,12,14-15H,7-10H2,1-3H3,(H,20,22)/t12-,14+,15+/m1/s1. The first-order valence-electron chi connectivity index (χ1n) is 8.67. The van der Waals surface area contributed by atoms with Crippen LogP contribution in [0.25, 0.3) is 11.0 Å². The van der Waals surface area contributed by atoms with Gasteiger partial charge in [0, 0.05) is 36.1 Å². The molecule has 128 valence electrons. The lowest BCUT2D eigenvalue weighted by Crippen LogP contribution is -2.45. The monoisotopic (exact) mass is 328 g/mol. The number of furan rings is 1. The maximum atomic E-state index is 12.7. The second-order valence-corrected chi connectivity index (χ2v) is 7.21. The summed E-state index contributed by atoms with van der Waals surface area (Å²) in [5.41, 5.74) is 2.85. The Bertz CT molecular complexity index is 782. The zero-order valence-electron chi connectivity index (χ0n) is 14.5. The van der Waals surface area contributed by atoms with E-state index in [1.54, 1.807) is 0 Å². The fourth-order valence-electron chi connectivity index (χ4n) is 3.95. The number of morpholine rings is 1. The van der Waals surface area contributed by atoms with E-state index in [0.717, 1.165) is 42.6 Å². The Labute approximate surface area is 141 Å². The van der Waals surface area contributed by atoms with Crippen LogP contribution in [-0.2, 0) is 4.74 Å². The zero-order chi connectivity index (χ0) is 16.8. The highest BCUT2D eigenvalue weighted by Crippen LogP contribution is 2.27. The summed E-state index contributed by atoms with van der Waals surface area (Å²) in [5, 5.41) is 4.17. The summed E-state index contributed by atoms with van der Waals surface area (Å²) in [6.07, 6.45) is 1.22. The van der Waals surface area contributed by atoms with Gasteiger partial charge in [-0.3, -0.25) is 9.69 Å². The lowest BCUT2D eigenvalue weighted by atomic mass is 10.1. The number of ether oxygens (including phenoxy) is 1. The van der Waals surface area contributed by atoms with E-state index in [0.29, 0.717) is 11.8 Å². The molecule has 2 aromatic rings. The Morgan fingerprint density at radius 1 is 1.29 bits per heavy atom. The smallest absolute Gasteiger partial charge is 0.287 e. The predicted molar refractivity (Wildman–Crippen MR) is 92.3 cm³/mol. The number of hydrogen-bond donors (Lipinski definition) is 1. The highest BCUT2D eigenvalue weighted by atomic mass is 16.5. The molecule has 0 spiro atoms. The van der Waals surface area contributed by atoms with Gasteiger partial charge in [0.2, 0.25) is 0 Å². The molecule has 5 heteroatoms. The van der Waals surface area contributed by atoms with Crippen molar-refractivity contribution in [1.82, 2.24) is 10.2 Å². The van der Waals surface area contributed by atoms with E-state index in [4.69, 9.17) is 9.15 Å². The molecule has 1 aromatic heterocycles. The van der Waals surface area contributed by atoms with Crippen LogP contribution < -0.4 is 5.32 Å². The van der Waals surface area contributed by atoms with Gasteiger partial charge in [-0.15, -0.1) is 0 Å². The van der Waals surface area contributed by atoms with Crippen LogP contribution in [0.1, 0.15) is 35.0 Å². The van der Waals surface area contributed by atoms with E-state index < -0.39 is 0 Å². The van der Waals surface area contributed by atoms with Crippen molar-refractivity contribution in [2.45, 2.75) is 45.4 Å². The number of carbonyl (C=O) groups is 1. The Morgan fingerprint density at radius 3 is 2.96 bits per heavy atom. The van der Waals surface area contributed by atoms with Gasteiger partial charge in [0.15, 0.2) is 5.76 Å². The minimum absolute atomic E-state index is 0.111. The molecule has 0 saturated carbocycles. The number of carbonyl (C=O) groups excluding carboxylic acids is 1. The summed E-state index contributed by atoms with van der Waals surface area (Å²) in [6.45, 7) is 8.69. The first-order valence-corrected chi connectivity index (χ1v) is 8.67. The molecule has 0 aliphatic carbocycles. The number of amides is 1. The second-order valence-electron chi connectivity index (χ2n) is 7.21. The maximum absolute atomic E-state index is 12.7. The lowest BCUT2D eigenvalue weighted by Gasteiger charge is -2.33. The van der Waals surface area contributed by atoms with Gasteiger partial charge in [-0.05, 0) is 39.3 Å². The SMILES string of the molecule is Cc1ccc2oc(C(=O)N[C@H]3C[C@H]4CO[C@H](C)CN4C3)c(C)c2c1. The molecule has 1 amide bonds. The highest BCUT2D eigenvalue weighted by molar-refractivity contribution is 5.99. The molecule has 2 aliphatic heterocycles. The maximum Gasteiger partial charge on any atom is 0.287 e. The summed E-state index contributed by atoms with van der Waals surface area (Å²) in [5.74, 6) is 0.324. The van der Waals surface area contributed by atoms with Gasteiger partial charge in [0.25, 0.3) is 5.91 Å². The third-order valence-electron chi connectivity index (χ3n) is 5.23. The van der Waals surface area contributed by atoms with Crippen molar-refractivity contribution < 1.29 is 13.9 Å². The average Bonchev–Trinajstić information content (AvgIpc) is 3.08. The van der Waals surface area contributed by atoms with Crippen LogP contribution in [0.2, 0.25) is 0 Å². The van der Waals surface area contributed by atoms with Crippen molar-refractivity contribution in [1.29, 1.82) is 0 Å². The van der Waals surface area contributed by atoms with Crippen molar-refractivity contribution in [2.24, 2.45) is 0 Å². The third kappa shape index (κ3) is 2.72. The summed E-state index contributed by atoms with van der Waals surface area (Å²) in [6, 6.07) is 6.59. The first kappa shape index (κ1) is 15.7. The van der Waals surface area contributed by atoms with Crippen LogP contribution in [0.5, 0.6) is 0 Å². The molecule has 3 atom stereocenters. The molecule has 2 fully saturated rings. The molecule has 2 saturated heterocycles. The zero-order valence-corrected chi connectivity index (χ0v) is 14.5. The van der Waals surface area contributed by atoms with Crippen molar-refractivity contribution >= 4 is 16.9 Å². The van der Waals surface area contributed by atoms with Crippen LogP contribution in [0.4, 0.5) is 0 Å². The molecular weight excluding hydrogens is 304 g/mol. The molecule has 24 heavy (non-hydrogen) atoms. The first-order chi connectivity index (χ1) is 11.5. The van der Waals surface area contributed by atoms with Crippen LogP contribution >= 0.6 is 0 Å². The Balaban J connectivity index is 1.50. The molecule has 2 aliphatic rings. The van der Waals surface area contributed by atoms with E-state index in [1.165, 1.54) is 5.56 Å². The molecule has 5 nitrogen and oxygen atoms in total. The van der Waals surface area contributed by atoms with Gasteiger partial charge >= 0.3 is 0 Å². The summed E-state index contributed by atoms with van der Waals surface area (Å²) >= 11 is 0. The molecule has 1 N–H and O–H groups in total. The van der Waals surface area contributed by atoms with E-state index in [-0.39, 0.29) is 18.1 Å². The predicted octanol–water partition coefficient (Wildman–Crippen LogP) is 2.64. The lowest BCUT2D eigenvalue weighted by molar-refractivity contribution is -0.0390. The number of nitrogens with one attached hydrogen (secondary N) is 1. The van der Waals surface area contributed by atoms with Crippen molar-refractivity contribution in [3.8, 4) is 0 Å². The van der Waals surface area contributed by atoms with Gasteiger partial charge in [-0.1, -0.05) is 11.6 Å². The molecule has 0 unspecified atom stereocenters. The molecule has 0 radical (unpaired) electrons. The van der Waals surface area contributed by atoms with Crippen LogP contribution in [0, 0.1) is 13.8 Å². The van der Waals surface area contributed by atoms with Gasteiger partial charge in [0.1, 0.15) is 5.58 Å². The van der Waals surface area contributed by atoms with Gasteiger partial charge in [0.05, 0.1) is 12.7 Å². The fraction of sp³-hybridized carbons (Fsp3) is 0.526. The fourth-order valence-corrected chi connectivity index (χ4v) is 3.95. The summed E-state index contributed by atoms with van der Waals surface area (Å²) < 4.78 is 11.5. The quantitative estimate of drug-likeness (QED) is 0.921. The van der Waals surface area contributed by atoms with Crippen LogP contribution in [0.15, 0.2) is 22.6 Å². The molecular formula is C19H24N2O3. The Hall–Kier alpha value is -1.85. The normalized spacial score (nSPS) is 27.4. The van der Waals surface area contributed by atoms with E-state index in [9.17, 15) is 4.79 Å². The topological polar surface area (TPSA) is 54.7 Å². The third-order valence-corrected chi connectivity index (χ3v) is 5.23. The van der Waals surface area contributed by atoms with Crippen LogP contribution in [0.3, 0.4) is 0 Å². The number of hydrogen-bond acceptors (Lipinski definition) is 4. The minimum Gasteiger partial charge on any atom is -0.451 e. The van der Waals surface area contributed by atoms with Gasteiger partial charge in [-0.2, -0.15) is 0 Å². The summed E-state index contributed by atoms with van der Waals surface area (Å²) in [4.78, 5) is 15.1. The van der Waals surface area contributed by atoms with Gasteiger partial charge in [-0.25, -0.2) is 0 Å². The average molecular weight is 328 g/mol. The van der Waals surface area contributed by atoms with Crippen molar-refractivity contribution in [3.05, 3.63) is 35.1 Å². The molecule has 0 bridgehead atoms. The number of aryl methyl sites for hydroxylation is 2. The van der Waals surface area contributed by atoms with Crippen molar-refractivity contribution in [2.75, 3.05) is 19.7 Å². The summed E-state index contributed by atoms with van der Waals surface area (Å²) in [7, 11) is 0. The van der Waals surface area contributed by atoms with E-state index >= 15 is 0 Å². The number of nitrogens with zero attached hydrogens (tertiary/aromatic N) is 1. The van der Waals surface area contributed by atoms with Crippen LogP contribution in [-0.4, -0.2) is 48.7 Å². The van der Waals surface area contributed by atoms with E-state index in [1.807, 2.05) is 26.0 Å². The molecule has 3 heterocycles. The second kappa shape index (κ2) is 5.90. The number of rotatable bonds is 2. The number of fused-ring (bicyclic) bond motifs is 2.